The molecule has 60 valence electrons. The van der Waals surface area contributed by atoms with Gasteiger partial charge in [-0.2, -0.15) is 0 Å². The van der Waals surface area contributed by atoms with Gasteiger partial charge in [0.25, 0.3) is 0 Å². The van der Waals surface area contributed by atoms with Crippen LogP contribution in [-0.2, 0) is 0 Å². The fraction of sp³-hybridized carbons (Fsp3) is 0.333. The summed E-state index contributed by atoms with van der Waals surface area (Å²) in [6.45, 7) is 4.24. The number of rotatable bonds is 2. The highest BCUT2D eigenvalue weighted by Crippen LogP contribution is 2.15. The highest BCUT2D eigenvalue weighted by atomic mass is 127. The van der Waals surface area contributed by atoms with Crippen molar-refractivity contribution in [3.8, 4) is 0 Å². The van der Waals surface area contributed by atoms with Gasteiger partial charge in [-0.3, -0.25) is 0 Å². The summed E-state index contributed by atoms with van der Waals surface area (Å²) in [6, 6.07) is 8.32. The van der Waals surface area contributed by atoms with Gasteiger partial charge >= 0.3 is 0 Å². The van der Waals surface area contributed by atoms with E-state index in [2.05, 4.69) is 60.0 Å². The Balaban J connectivity index is 2.78. The maximum atomic E-state index is 3.36. The highest BCUT2D eigenvalue weighted by Gasteiger charge is 1.97. The molecule has 1 aromatic carbocycles. The molecule has 0 bridgehead atoms. The number of alkyl halides is 1. The molecule has 0 aliphatic heterocycles. The molecule has 1 unspecified atom stereocenters. The van der Waals surface area contributed by atoms with Crippen LogP contribution in [0.3, 0.4) is 0 Å². The van der Waals surface area contributed by atoms with Crippen LogP contribution in [0.25, 0.3) is 0 Å². The van der Waals surface area contributed by atoms with Crippen LogP contribution >= 0.6 is 22.6 Å². The molecule has 0 spiro atoms. The quantitative estimate of drug-likeness (QED) is 0.489. The minimum atomic E-state index is 0.480. The Morgan fingerprint density at radius 3 is 2.55 bits per heavy atom. The molecule has 0 aromatic heterocycles. The van der Waals surface area contributed by atoms with Gasteiger partial charge in [-0.1, -0.05) is 40.8 Å². The van der Waals surface area contributed by atoms with Gasteiger partial charge in [-0.15, -0.1) is 0 Å². The summed E-state index contributed by atoms with van der Waals surface area (Å²) in [5, 5.41) is 3.36. The summed E-state index contributed by atoms with van der Waals surface area (Å²) < 4.78 is 0.480. The Hall–Kier alpha value is -0.250. The molecule has 11 heavy (non-hydrogen) atoms. The second-order valence-electron chi connectivity index (χ2n) is 2.58. The molecule has 0 amide bonds. The lowest BCUT2D eigenvalue weighted by atomic mass is 10.2. The first-order chi connectivity index (χ1) is 5.20. The van der Waals surface area contributed by atoms with Crippen molar-refractivity contribution in [1.82, 2.24) is 0 Å². The van der Waals surface area contributed by atoms with E-state index in [0.717, 1.165) is 0 Å². The van der Waals surface area contributed by atoms with Crippen molar-refractivity contribution in [3.63, 3.8) is 0 Å². The SMILES string of the molecule is Cc1ccccc1NC(C)I. The maximum absolute atomic E-state index is 3.36. The number of hydrogen-bond acceptors (Lipinski definition) is 1. The molecule has 0 aliphatic carbocycles. The third kappa shape index (κ3) is 2.69. The van der Waals surface area contributed by atoms with Crippen LogP contribution in [0.4, 0.5) is 5.69 Å². The largest absolute Gasteiger partial charge is 0.373 e. The van der Waals surface area contributed by atoms with E-state index in [4.69, 9.17) is 0 Å². The molecule has 1 atom stereocenters. The number of benzene rings is 1. The first kappa shape index (κ1) is 8.84. The average Bonchev–Trinajstić information content (AvgIpc) is 1.93. The van der Waals surface area contributed by atoms with Crippen LogP contribution < -0.4 is 5.32 Å². The van der Waals surface area contributed by atoms with E-state index in [0.29, 0.717) is 4.05 Å². The highest BCUT2D eigenvalue weighted by molar-refractivity contribution is 14.1. The van der Waals surface area contributed by atoms with Gasteiger partial charge in [0.1, 0.15) is 0 Å². The van der Waals surface area contributed by atoms with E-state index < -0.39 is 0 Å². The molecule has 0 heterocycles. The van der Waals surface area contributed by atoms with Gasteiger partial charge in [0.15, 0.2) is 0 Å². The molecule has 0 saturated heterocycles. The third-order valence-corrected chi connectivity index (χ3v) is 1.81. The predicted molar refractivity (Wildman–Crippen MR) is 58.3 cm³/mol. The lowest BCUT2D eigenvalue weighted by molar-refractivity contribution is 1.16. The van der Waals surface area contributed by atoms with Crippen LogP contribution in [0, 0.1) is 6.92 Å². The Bertz CT molecular complexity index is 233. The van der Waals surface area contributed by atoms with E-state index in [9.17, 15) is 0 Å². The van der Waals surface area contributed by atoms with E-state index in [1.807, 2.05) is 6.07 Å². The molecule has 0 fully saturated rings. The topological polar surface area (TPSA) is 12.0 Å². The summed E-state index contributed by atoms with van der Waals surface area (Å²) in [6.07, 6.45) is 0. The zero-order valence-electron chi connectivity index (χ0n) is 6.76. The van der Waals surface area contributed by atoms with Crippen molar-refractivity contribution in [3.05, 3.63) is 29.8 Å². The van der Waals surface area contributed by atoms with Crippen LogP contribution in [-0.4, -0.2) is 4.05 Å². The molecular formula is C9H12IN. The maximum Gasteiger partial charge on any atom is 0.0753 e. The summed E-state index contributed by atoms with van der Waals surface area (Å²) in [4.78, 5) is 0. The molecule has 0 radical (unpaired) electrons. The Morgan fingerprint density at radius 1 is 1.36 bits per heavy atom. The van der Waals surface area contributed by atoms with Crippen molar-refractivity contribution in [2.24, 2.45) is 0 Å². The van der Waals surface area contributed by atoms with Crippen molar-refractivity contribution in [1.29, 1.82) is 0 Å². The standard InChI is InChI=1S/C9H12IN/c1-7-5-3-4-6-9(7)11-8(2)10/h3-6,8,11H,1-2H3. The number of aryl methyl sites for hydroxylation is 1. The van der Waals surface area contributed by atoms with Gasteiger partial charge in [-0.25, -0.2) is 0 Å². The molecule has 1 nitrogen and oxygen atoms in total. The number of anilines is 1. The van der Waals surface area contributed by atoms with Gasteiger partial charge in [0, 0.05) is 5.69 Å². The zero-order valence-corrected chi connectivity index (χ0v) is 8.92. The van der Waals surface area contributed by atoms with Crippen molar-refractivity contribution < 1.29 is 0 Å². The minimum absolute atomic E-state index is 0.480. The number of hydrogen-bond donors (Lipinski definition) is 1. The summed E-state index contributed by atoms with van der Waals surface area (Å²) >= 11 is 2.35. The normalized spacial score (nSPS) is 12.6. The Kier molecular flexibility index (Phi) is 3.17. The van der Waals surface area contributed by atoms with Gasteiger partial charge in [0.2, 0.25) is 0 Å². The molecular weight excluding hydrogens is 249 g/mol. The number of halogens is 1. The molecule has 1 rings (SSSR count). The fourth-order valence-corrected chi connectivity index (χ4v) is 1.28. The van der Waals surface area contributed by atoms with Crippen LogP contribution in [0.2, 0.25) is 0 Å². The fourth-order valence-electron chi connectivity index (χ4n) is 0.949. The number of nitrogens with one attached hydrogen (secondary N) is 1. The van der Waals surface area contributed by atoms with Crippen LogP contribution in [0.5, 0.6) is 0 Å². The van der Waals surface area contributed by atoms with Crippen LogP contribution in [0.15, 0.2) is 24.3 Å². The lowest BCUT2D eigenvalue weighted by Gasteiger charge is -2.10. The smallest absolute Gasteiger partial charge is 0.0753 e. The summed E-state index contributed by atoms with van der Waals surface area (Å²) in [5.41, 5.74) is 2.53. The summed E-state index contributed by atoms with van der Waals surface area (Å²) in [5.74, 6) is 0. The van der Waals surface area contributed by atoms with Crippen molar-refractivity contribution in [2.75, 3.05) is 5.32 Å². The van der Waals surface area contributed by atoms with E-state index >= 15 is 0 Å². The predicted octanol–water partition coefficient (Wildman–Crippen LogP) is 3.19. The van der Waals surface area contributed by atoms with E-state index in [1.165, 1.54) is 11.3 Å². The van der Waals surface area contributed by atoms with Gasteiger partial charge in [-0.05, 0) is 25.5 Å². The first-order valence-corrected chi connectivity index (χ1v) is 4.91. The van der Waals surface area contributed by atoms with Crippen LogP contribution in [0.1, 0.15) is 12.5 Å². The average molecular weight is 261 g/mol. The van der Waals surface area contributed by atoms with Gasteiger partial charge in [0.05, 0.1) is 4.05 Å². The number of para-hydroxylation sites is 1. The molecule has 0 aliphatic rings. The second-order valence-corrected chi connectivity index (χ2v) is 4.44. The monoisotopic (exact) mass is 261 g/mol. The van der Waals surface area contributed by atoms with Gasteiger partial charge < -0.3 is 5.32 Å². The molecule has 0 saturated carbocycles. The van der Waals surface area contributed by atoms with E-state index in [-0.39, 0.29) is 0 Å². The molecule has 1 N–H and O–H groups in total. The first-order valence-electron chi connectivity index (χ1n) is 3.66. The Labute approximate surface area is 81.3 Å². The zero-order chi connectivity index (χ0) is 8.27. The van der Waals surface area contributed by atoms with Crippen molar-refractivity contribution >= 4 is 28.3 Å². The minimum Gasteiger partial charge on any atom is -0.373 e. The van der Waals surface area contributed by atoms with E-state index in [1.54, 1.807) is 0 Å². The second kappa shape index (κ2) is 3.95. The van der Waals surface area contributed by atoms with Crippen molar-refractivity contribution in [2.45, 2.75) is 17.9 Å². The molecule has 1 aromatic rings. The summed E-state index contributed by atoms with van der Waals surface area (Å²) in [7, 11) is 0. The molecule has 2 heteroatoms. The lowest BCUT2D eigenvalue weighted by Crippen LogP contribution is -2.06. The Morgan fingerprint density at radius 2 is 2.00 bits per heavy atom. The third-order valence-electron chi connectivity index (χ3n) is 1.50.